The normalized spacial score (nSPS) is 12.4. The van der Waals surface area contributed by atoms with Crippen LogP contribution in [0.4, 0.5) is 4.39 Å². The number of halogens is 2. The fourth-order valence-electron chi connectivity index (χ4n) is 3.39. The summed E-state index contributed by atoms with van der Waals surface area (Å²) in [7, 11) is 0. The molecule has 0 fully saturated rings. The second-order valence-electron chi connectivity index (χ2n) is 7.72. The number of ether oxygens (including phenoxy) is 1. The van der Waals surface area contributed by atoms with Gasteiger partial charge in [0.2, 0.25) is 0 Å². The maximum atomic E-state index is 14.0. The first kappa shape index (κ1) is 22.9. The van der Waals surface area contributed by atoms with Crippen LogP contribution in [0.3, 0.4) is 0 Å². The number of fused-ring (bicyclic) bond motifs is 1. The summed E-state index contributed by atoms with van der Waals surface area (Å²) >= 11 is 3.42. The molecule has 7 heteroatoms. The largest absolute Gasteiger partial charge is 0.488 e. The Morgan fingerprint density at radius 3 is 2.70 bits per heavy atom. The van der Waals surface area contributed by atoms with Crippen molar-refractivity contribution in [2.75, 3.05) is 0 Å². The molecule has 0 aliphatic heterocycles. The van der Waals surface area contributed by atoms with Gasteiger partial charge in [-0.2, -0.15) is 9.78 Å². The molecule has 4 aromatic rings. The van der Waals surface area contributed by atoms with Gasteiger partial charge in [-0.25, -0.2) is 9.37 Å². The van der Waals surface area contributed by atoms with E-state index in [4.69, 9.17) is 9.72 Å². The van der Waals surface area contributed by atoms with Crippen molar-refractivity contribution in [3.8, 4) is 5.75 Å². The van der Waals surface area contributed by atoms with Gasteiger partial charge in [0.25, 0.3) is 5.56 Å². The van der Waals surface area contributed by atoms with Crippen molar-refractivity contribution in [2.24, 2.45) is 5.10 Å². The van der Waals surface area contributed by atoms with Crippen LogP contribution in [-0.4, -0.2) is 15.9 Å². The van der Waals surface area contributed by atoms with Crippen molar-refractivity contribution < 1.29 is 9.13 Å². The van der Waals surface area contributed by atoms with Gasteiger partial charge in [0.15, 0.2) is 0 Å². The molecule has 5 nitrogen and oxygen atoms in total. The number of hydrogen-bond donors (Lipinski definition) is 0. The predicted octanol–water partition coefficient (Wildman–Crippen LogP) is 6.27. The van der Waals surface area contributed by atoms with Gasteiger partial charge in [-0.1, -0.05) is 60.1 Å². The summed E-state index contributed by atoms with van der Waals surface area (Å²) in [5, 5.41) is 4.99. The highest BCUT2D eigenvalue weighted by Gasteiger charge is 2.16. The van der Waals surface area contributed by atoms with Gasteiger partial charge in [0.1, 0.15) is 24.0 Å². The van der Waals surface area contributed by atoms with E-state index in [0.29, 0.717) is 33.6 Å². The number of rotatable bonds is 7. The Bertz CT molecular complexity index is 1380. The molecule has 1 heterocycles. The number of aromatic nitrogens is 2. The molecular weight excluding hydrogens is 485 g/mol. The highest BCUT2D eigenvalue weighted by Crippen LogP contribution is 2.22. The van der Waals surface area contributed by atoms with E-state index in [1.807, 2.05) is 44.2 Å². The van der Waals surface area contributed by atoms with Gasteiger partial charge in [-0.3, -0.25) is 4.79 Å². The Morgan fingerprint density at radius 2 is 1.91 bits per heavy atom. The maximum Gasteiger partial charge on any atom is 0.282 e. The number of benzene rings is 3. The summed E-state index contributed by atoms with van der Waals surface area (Å²) in [6.07, 6.45) is 2.39. The van der Waals surface area contributed by atoms with E-state index in [9.17, 15) is 9.18 Å². The highest BCUT2D eigenvalue weighted by molar-refractivity contribution is 9.10. The molecule has 168 valence electrons. The van der Waals surface area contributed by atoms with Crippen molar-refractivity contribution >= 4 is 33.0 Å². The smallest absolute Gasteiger partial charge is 0.282 e. The van der Waals surface area contributed by atoms with Gasteiger partial charge in [-0.05, 0) is 42.8 Å². The second kappa shape index (κ2) is 10.1. The van der Waals surface area contributed by atoms with Crippen molar-refractivity contribution in [1.82, 2.24) is 9.66 Å². The van der Waals surface area contributed by atoms with Crippen LogP contribution in [0.5, 0.6) is 5.75 Å². The first-order valence-electron chi connectivity index (χ1n) is 10.7. The van der Waals surface area contributed by atoms with Crippen LogP contribution in [-0.2, 0) is 6.61 Å². The molecule has 0 unspecified atom stereocenters. The minimum absolute atomic E-state index is 0.0375. The van der Waals surface area contributed by atoms with Crippen LogP contribution in [0.1, 0.15) is 43.1 Å². The molecule has 4 rings (SSSR count). The number of nitrogens with zero attached hydrogens (tertiary/aromatic N) is 3. The van der Waals surface area contributed by atoms with Gasteiger partial charge in [0, 0.05) is 21.5 Å². The molecule has 0 aliphatic rings. The van der Waals surface area contributed by atoms with Crippen LogP contribution < -0.4 is 10.3 Å². The van der Waals surface area contributed by atoms with Gasteiger partial charge < -0.3 is 4.74 Å². The summed E-state index contributed by atoms with van der Waals surface area (Å²) in [6, 6.07) is 19.2. The van der Waals surface area contributed by atoms with Crippen LogP contribution in [0.15, 0.2) is 81.1 Å². The molecule has 0 bridgehead atoms. The standard InChI is InChI=1S/C26H23BrFN3O2/c1-3-17(2)25-30-23-13-12-20(27)14-21(23)26(32)31(25)29-15-18-8-5-7-11-24(18)33-16-19-9-4-6-10-22(19)28/h4-15,17H,3,16H2,1-2H3/t17-/m1/s1. The summed E-state index contributed by atoms with van der Waals surface area (Å²) in [4.78, 5) is 18.0. The minimum atomic E-state index is -0.318. The van der Waals surface area contributed by atoms with E-state index >= 15 is 0 Å². The molecule has 1 atom stereocenters. The summed E-state index contributed by atoms with van der Waals surface area (Å²) in [5.41, 5.74) is 1.53. The van der Waals surface area contributed by atoms with Crippen LogP contribution in [0.2, 0.25) is 0 Å². The molecule has 3 aromatic carbocycles. The predicted molar refractivity (Wildman–Crippen MR) is 133 cm³/mol. The van der Waals surface area contributed by atoms with Crippen molar-refractivity contribution in [2.45, 2.75) is 32.8 Å². The lowest BCUT2D eigenvalue weighted by Gasteiger charge is -2.14. The van der Waals surface area contributed by atoms with E-state index in [1.165, 1.54) is 10.7 Å². The molecule has 0 aliphatic carbocycles. The zero-order chi connectivity index (χ0) is 23.4. The molecular formula is C26H23BrFN3O2. The van der Waals surface area contributed by atoms with E-state index in [0.717, 1.165) is 10.9 Å². The Balaban J connectivity index is 1.72. The Kier molecular flexibility index (Phi) is 6.99. The summed E-state index contributed by atoms with van der Waals surface area (Å²) < 4.78 is 22.0. The second-order valence-corrected chi connectivity index (χ2v) is 8.64. The topological polar surface area (TPSA) is 56.5 Å². The van der Waals surface area contributed by atoms with Crippen molar-refractivity contribution in [1.29, 1.82) is 0 Å². The average molecular weight is 508 g/mol. The molecule has 0 amide bonds. The fourth-order valence-corrected chi connectivity index (χ4v) is 3.75. The quantitative estimate of drug-likeness (QED) is 0.277. The summed E-state index contributed by atoms with van der Waals surface area (Å²) in [5.74, 6) is 0.856. The first-order chi connectivity index (χ1) is 16.0. The fraction of sp³-hybridized carbons (Fsp3) is 0.192. The first-order valence-corrected chi connectivity index (χ1v) is 11.5. The zero-order valence-corrected chi connectivity index (χ0v) is 19.9. The molecule has 0 saturated carbocycles. The molecule has 1 aromatic heterocycles. The molecule has 0 saturated heterocycles. The van der Waals surface area contributed by atoms with Crippen LogP contribution in [0.25, 0.3) is 10.9 Å². The third-order valence-corrected chi connectivity index (χ3v) is 5.95. The van der Waals surface area contributed by atoms with E-state index in [-0.39, 0.29) is 23.9 Å². The maximum absolute atomic E-state index is 14.0. The van der Waals surface area contributed by atoms with Gasteiger partial charge >= 0.3 is 0 Å². The van der Waals surface area contributed by atoms with Crippen LogP contribution >= 0.6 is 15.9 Å². The molecule has 0 spiro atoms. The lowest BCUT2D eigenvalue weighted by atomic mass is 10.1. The van der Waals surface area contributed by atoms with Gasteiger partial charge in [0.05, 0.1) is 17.1 Å². The molecule has 33 heavy (non-hydrogen) atoms. The third kappa shape index (κ3) is 5.03. The van der Waals surface area contributed by atoms with Crippen LogP contribution in [0, 0.1) is 5.82 Å². The van der Waals surface area contributed by atoms with Crippen molar-refractivity contribution in [3.63, 3.8) is 0 Å². The van der Waals surface area contributed by atoms with Gasteiger partial charge in [-0.15, -0.1) is 0 Å². The summed E-state index contributed by atoms with van der Waals surface area (Å²) in [6.45, 7) is 4.15. The monoisotopic (exact) mass is 507 g/mol. The lowest BCUT2D eigenvalue weighted by molar-refractivity contribution is 0.299. The van der Waals surface area contributed by atoms with E-state index in [2.05, 4.69) is 21.0 Å². The Morgan fingerprint density at radius 1 is 1.15 bits per heavy atom. The van der Waals surface area contributed by atoms with E-state index < -0.39 is 0 Å². The Labute approximate surface area is 199 Å². The molecule has 0 radical (unpaired) electrons. The van der Waals surface area contributed by atoms with Crippen molar-refractivity contribution in [3.05, 3.63) is 104 Å². The highest BCUT2D eigenvalue weighted by atomic mass is 79.9. The number of hydrogen-bond acceptors (Lipinski definition) is 4. The average Bonchev–Trinajstić information content (AvgIpc) is 2.83. The SMILES string of the molecule is CC[C@@H](C)c1nc2ccc(Br)cc2c(=O)n1N=Cc1ccccc1OCc1ccccc1F. The number of para-hydroxylation sites is 1. The zero-order valence-electron chi connectivity index (χ0n) is 18.3. The minimum Gasteiger partial charge on any atom is -0.488 e. The molecule has 0 N–H and O–H groups in total. The Hall–Kier alpha value is -3.32. The lowest BCUT2D eigenvalue weighted by Crippen LogP contribution is -2.23. The third-order valence-electron chi connectivity index (χ3n) is 5.46. The van der Waals surface area contributed by atoms with E-state index in [1.54, 1.807) is 36.5 Å².